The van der Waals surface area contributed by atoms with Gasteiger partial charge in [0.15, 0.2) is 11.6 Å². The molecule has 0 saturated heterocycles. The Bertz CT molecular complexity index is 297. The van der Waals surface area contributed by atoms with E-state index < -0.39 is 0 Å². The van der Waals surface area contributed by atoms with Gasteiger partial charge in [-0.15, -0.1) is 0 Å². The van der Waals surface area contributed by atoms with Crippen molar-refractivity contribution in [2.45, 2.75) is 52.4 Å². The minimum Gasteiger partial charge on any atom is -0.379 e. The van der Waals surface area contributed by atoms with Crippen molar-refractivity contribution in [3.63, 3.8) is 0 Å². The van der Waals surface area contributed by atoms with E-state index in [4.69, 9.17) is 9.47 Å². The van der Waals surface area contributed by atoms with Crippen LogP contribution in [0.2, 0.25) is 0 Å². The van der Waals surface area contributed by atoms with Crippen molar-refractivity contribution in [3.8, 4) is 0 Å². The van der Waals surface area contributed by atoms with Crippen LogP contribution < -0.4 is 0 Å². The zero-order valence-corrected chi connectivity index (χ0v) is 12.9. The van der Waals surface area contributed by atoms with E-state index in [0.29, 0.717) is 31.6 Å². The molecule has 0 aromatic rings. The number of hydrogen-bond donors (Lipinski definition) is 0. The summed E-state index contributed by atoms with van der Waals surface area (Å²) in [7, 11) is 0. The fourth-order valence-corrected chi connectivity index (χ4v) is 1.62. The van der Waals surface area contributed by atoms with E-state index in [-0.39, 0.29) is 18.2 Å². The first-order chi connectivity index (χ1) is 9.57. The maximum atomic E-state index is 11.5. The maximum absolute atomic E-state index is 11.5. The second-order valence-electron chi connectivity index (χ2n) is 4.97. The van der Waals surface area contributed by atoms with Gasteiger partial charge in [-0.25, -0.2) is 0 Å². The highest BCUT2D eigenvalue weighted by molar-refractivity contribution is 5.93. The third-order valence-electron chi connectivity index (χ3n) is 2.82. The quantitative estimate of drug-likeness (QED) is 0.363. The zero-order valence-electron chi connectivity index (χ0n) is 12.9. The van der Waals surface area contributed by atoms with Crippen LogP contribution in [0.5, 0.6) is 0 Å². The van der Waals surface area contributed by atoms with E-state index in [1.54, 1.807) is 6.92 Å². The summed E-state index contributed by atoms with van der Waals surface area (Å²) in [6.45, 7) is 9.31. The third kappa shape index (κ3) is 12.1. The van der Waals surface area contributed by atoms with Crippen LogP contribution in [-0.2, 0) is 19.1 Å². The van der Waals surface area contributed by atoms with E-state index in [1.165, 1.54) is 0 Å². The van der Waals surface area contributed by atoms with Gasteiger partial charge in [0.25, 0.3) is 0 Å². The largest absolute Gasteiger partial charge is 0.379 e. The van der Waals surface area contributed by atoms with Gasteiger partial charge in [-0.3, -0.25) is 9.59 Å². The minimum atomic E-state index is 0.117. The van der Waals surface area contributed by atoms with E-state index in [0.717, 1.165) is 32.3 Å². The minimum absolute atomic E-state index is 0.117. The fourth-order valence-electron chi connectivity index (χ4n) is 1.62. The summed E-state index contributed by atoms with van der Waals surface area (Å²) in [6.07, 6.45) is 4.59. The lowest BCUT2D eigenvalue weighted by Crippen LogP contribution is -2.12. The molecule has 0 aromatic carbocycles. The predicted molar refractivity (Wildman–Crippen MR) is 79.8 cm³/mol. The Balaban J connectivity index is 3.32. The number of rotatable bonds is 14. The summed E-state index contributed by atoms with van der Waals surface area (Å²) in [5.74, 6) is 0.235. The molecule has 0 aliphatic heterocycles. The van der Waals surface area contributed by atoms with Gasteiger partial charge in [0, 0.05) is 19.4 Å². The molecule has 0 rings (SSSR count). The Kier molecular flexibility index (Phi) is 12.4. The Morgan fingerprint density at radius 2 is 1.60 bits per heavy atom. The average Bonchev–Trinajstić information content (AvgIpc) is 2.41. The number of unbranched alkanes of at least 4 members (excludes halogenated alkanes) is 2. The molecule has 0 radical (unpaired) electrons. The summed E-state index contributed by atoms with van der Waals surface area (Å²) >= 11 is 0. The molecule has 4 heteroatoms. The molecule has 0 heterocycles. The second-order valence-corrected chi connectivity index (χ2v) is 4.97. The van der Waals surface area contributed by atoms with E-state index >= 15 is 0 Å². The van der Waals surface area contributed by atoms with Crippen LogP contribution in [0.4, 0.5) is 0 Å². The molecule has 0 aliphatic rings. The van der Waals surface area contributed by atoms with Crippen LogP contribution in [0.15, 0.2) is 12.2 Å². The number of ketones is 2. The molecule has 0 bridgehead atoms. The molecule has 0 saturated carbocycles. The SMILES string of the molecule is C=C(C)C(=O)CCCCCC(=O)COCCOCCC. The highest BCUT2D eigenvalue weighted by Gasteiger charge is 2.04. The first-order valence-electron chi connectivity index (χ1n) is 7.43. The molecule has 0 fully saturated rings. The molecule has 0 spiro atoms. The van der Waals surface area contributed by atoms with Gasteiger partial charge in [-0.1, -0.05) is 19.9 Å². The standard InChI is InChI=1S/C16H28O4/c1-4-10-19-11-12-20-13-15(17)8-6-5-7-9-16(18)14(2)3/h2,4-13H2,1,3H3. The second kappa shape index (κ2) is 13.0. The van der Waals surface area contributed by atoms with Crippen LogP contribution in [0.25, 0.3) is 0 Å². The Hall–Kier alpha value is -1.00. The van der Waals surface area contributed by atoms with Crippen molar-refractivity contribution in [2.24, 2.45) is 0 Å². The number of allylic oxidation sites excluding steroid dienone is 1. The number of ether oxygens (including phenoxy) is 2. The van der Waals surface area contributed by atoms with Gasteiger partial charge < -0.3 is 9.47 Å². The first kappa shape index (κ1) is 19.0. The molecule has 116 valence electrons. The Labute approximate surface area is 122 Å². The summed E-state index contributed by atoms with van der Waals surface area (Å²) in [6, 6.07) is 0. The van der Waals surface area contributed by atoms with Crippen LogP contribution >= 0.6 is 0 Å². The van der Waals surface area contributed by atoms with Gasteiger partial charge in [0.2, 0.25) is 0 Å². The normalized spacial score (nSPS) is 10.5. The molecule has 0 unspecified atom stereocenters. The molecule has 0 aromatic heterocycles. The Morgan fingerprint density at radius 3 is 2.25 bits per heavy atom. The van der Waals surface area contributed by atoms with Gasteiger partial charge in [0.05, 0.1) is 13.2 Å². The smallest absolute Gasteiger partial charge is 0.158 e. The van der Waals surface area contributed by atoms with Crippen molar-refractivity contribution in [1.29, 1.82) is 0 Å². The summed E-state index contributed by atoms with van der Waals surface area (Å²) in [4.78, 5) is 22.8. The molecule has 4 nitrogen and oxygen atoms in total. The van der Waals surface area contributed by atoms with E-state index in [2.05, 4.69) is 6.58 Å². The van der Waals surface area contributed by atoms with Gasteiger partial charge in [-0.2, -0.15) is 0 Å². The van der Waals surface area contributed by atoms with E-state index in [9.17, 15) is 9.59 Å². The summed E-state index contributed by atoms with van der Waals surface area (Å²) in [5.41, 5.74) is 0.611. The molecular weight excluding hydrogens is 256 g/mol. The number of carbonyl (C=O) groups excluding carboxylic acids is 2. The van der Waals surface area contributed by atoms with Gasteiger partial charge in [0.1, 0.15) is 6.61 Å². The highest BCUT2D eigenvalue weighted by atomic mass is 16.5. The van der Waals surface area contributed by atoms with Crippen LogP contribution in [-0.4, -0.2) is 38.0 Å². The lowest BCUT2D eigenvalue weighted by atomic mass is 10.1. The first-order valence-corrected chi connectivity index (χ1v) is 7.43. The van der Waals surface area contributed by atoms with Gasteiger partial charge in [-0.05, 0) is 31.8 Å². The number of carbonyl (C=O) groups is 2. The average molecular weight is 284 g/mol. The van der Waals surface area contributed by atoms with Gasteiger partial charge >= 0.3 is 0 Å². The van der Waals surface area contributed by atoms with Crippen molar-refractivity contribution in [2.75, 3.05) is 26.4 Å². The van der Waals surface area contributed by atoms with Crippen molar-refractivity contribution >= 4 is 11.6 Å². The van der Waals surface area contributed by atoms with Crippen molar-refractivity contribution in [3.05, 3.63) is 12.2 Å². The van der Waals surface area contributed by atoms with Crippen LogP contribution in [0.3, 0.4) is 0 Å². The number of Topliss-reactive ketones (excluding diaryl/α,β-unsaturated/α-hetero) is 2. The summed E-state index contributed by atoms with van der Waals surface area (Å²) in [5, 5.41) is 0. The highest BCUT2D eigenvalue weighted by Crippen LogP contribution is 2.07. The molecule has 0 amide bonds. The molecular formula is C16H28O4. The zero-order chi connectivity index (χ0) is 15.2. The summed E-state index contributed by atoms with van der Waals surface area (Å²) < 4.78 is 10.5. The van der Waals surface area contributed by atoms with Crippen molar-refractivity contribution in [1.82, 2.24) is 0 Å². The lowest BCUT2D eigenvalue weighted by Gasteiger charge is -2.04. The maximum Gasteiger partial charge on any atom is 0.158 e. The molecule has 0 aliphatic carbocycles. The monoisotopic (exact) mass is 284 g/mol. The lowest BCUT2D eigenvalue weighted by molar-refractivity contribution is -0.124. The van der Waals surface area contributed by atoms with Crippen LogP contribution in [0.1, 0.15) is 52.4 Å². The molecule has 20 heavy (non-hydrogen) atoms. The predicted octanol–water partition coefficient (Wildman–Crippen LogP) is 3.09. The van der Waals surface area contributed by atoms with Crippen LogP contribution in [0, 0.1) is 0 Å². The molecule has 0 atom stereocenters. The number of hydrogen-bond acceptors (Lipinski definition) is 4. The Morgan fingerprint density at radius 1 is 0.950 bits per heavy atom. The fraction of sp³-hybridized carbons (Fsp3) is 0.750. The topological polar surface area (TPSA) is 52.6 Å². The van der Waals surface area contributed by atoms with Crippen molar-refractivity contribution < 1.29 is 19.1 Å². The third-order valence-corrected chi connectivity index (χ3v) is 2.82. The molecule has 0 N–H and O–H groups in total. The van der Waals surface area contributed by atoms with E-state index in [1.807, 2.05) is 6.92 Å².